The number of phenolic OH excluding ortho intramolecular Hbond substituents is 1. The summed E-state index contributed by atoms with van der Waals surface area (Å²) in [6.07, 6.45) is 0.989. The standard InChI is InChI=1S/C11H12O4/c1-11(6-12,7-13)9-5-8(15-2)3-4-10(9)14/h3-7,14H,1-2H3. The molecule has 1 aromatic carbocycles. The number of aromatic hydroxyl groups is 1. The van der Waals surface area contributed by atoms with Crippen molar-refractivity contribution in [1.82, 2.24) is 0 Å². The molecule has 80 valence electrons. The van der Waals surface area contributed by atoms with E-state index in [1.807, 2.05) is 0 Å². The van der Waals surface area contributed by atoms with E-state index >= 15 is 0 Å². The molecule has 0 heterocycles. The summed E-state index contributed by atoms with van der Waals surface area (Å²) in [5.41, 5.74) is -1.09. The van der Waals surface area contributed by atoms with Gasteiger partial charge in [0, 0.05) is 5.56 Å². The summed E-state index contributed by atoms with van der Waals surface area (Å²) in [6, 6.07) is 4.41. The molecule has 1 rings (SSSR count). The molecule has 15 heavy (non-hydrogen) atoms. The van der Waals surface area contributed by atoms with Crippen molar-refractivity contribution in [1.29, 1.82) is 0 Å². The van der Waals surface area contributed by atoms with E-state index < -0.39 is 5.41 Å². The number of carbonyl (C=O) groups is 2. The number of ether oxygens (including phenoxy) is 1. The highest BCUT2D eigenvalue weighted by Crippen LogP contribution is 2.31. The fraction of sp³-hybridized carbons (Fsp3) is 0.273. The van der Waals surface area contributed by atoms with Gasteiger partial charge >= 0.3 is 0 Å². The SMILES string of the molecule is COc1ccc(O)c(C(C)(C=O)C=O)c1. The Morgan fingerprint density at radius 1 is 1.33 bits per heavy atom. The van der Waals surface area contributed by atoms with E-state index in [9.17, 15) is 14.7 Å². The molecule has 4 nitrogen and oxygen atoms in total. The van der Waals surface area contributed by atoms with E-state index in [-0.39, 0.29) is 11.3 Å². The number of carbonyl (C=O) groups excluding carboxylic acids is 2. The van der Waals surface area contributed by atoms with Crippen LogP contribution in [0.25, 0.3) is 0 Å². The molecule has 1 N–H and O–H groups in total. The van der Waals surface area contributed by atoms with Crippen LogP contribution in [0.5, 0.6) is 11.5 Å². The summed E-state index contributed by atoms with van der Waals surface area (Å²) < 4.78 is 4.95. The third kappa shape index (κ3) is 1.98. The van der Waals surface area contributed by atoms with Gasteiger partial charge in [-0.3, -0.25) is 0 Å². The second-order valence-corrected chi connectivity index (χ2v) is 3.40. The topological polar surface area (TPSA) is 63.6 Å². The maximum atomic E-state index is 10.8. The number of hydrogen-bond donors (Lipinski definition) is 1. The van der Waals surface area contributed by atoms with Gasteiger partial charge in [0.15, 0.2) is 0 Å². The molecule has 0 aromatic heterocycles. The van der Waals surface area contributed by atoms with Crippen LogP contribution in [0.15, 0.2) is 18.2 Å². The normalized spacial score (nSPS) is 10.8. The van der Waals surface area contributed by atoms with Crippen LogP contribution in [0.3, 0.4) is 0 Å². The smallest absolute Gasteiger partial charge is 0.137 e. The van der Waals surface area contributed by atoms with Crippen LogP contribution in [0, 0.1) is 0 Å². The molecule has 0 aliphatic heterocycles. The fourth-order valence-corrected chi connectivity index (χ4v) is 1.23. The highest BCUT2D eigenvalue weighted by molar-refractivity contribution is 5.92. The van der Waals surface area contributed by atoms with E-state index in [2.05, 4.69) is 0 Å². The summed E-state index contributed by atoms with van der Waals surface area (Å²) in [5, 5.41) is 9.55. The van der Waals surface area contributed by atoms with Gasteiger partial charge < -0.3 is 19.4 Å². The summed E-state index contributed by atoms with van der Waals surface area (Å²) >= 11 is 0. The lowest BCUT2D eigenvalue weighted by molar-refractivity contribution is -0.120. The highest BCUT2D eigenvalue weighted by atomic mass is 16.5. The van der Waals surface area contributed by atoms with E-state index in [1.165, 1.54) is 26.2 Å². The summed E-state index contributed by atoms with van der Waals surface area (Å²) in [4.78, 5) is 21.7. The maximum absolute atomic E-state index is 10.8. The van der Waals surface area contributed by atoms with Gasteiger partial charge in [-0.1, -0.05) is 0 Å². The average Bonchev–Trinajstić information content (AvgIpc) is 2.28. The Morgan fingerprint density at radius 3 is 2.40 bits per heavy atom. The van der Waals surface area contributed by atoms with Gasteiger partial charge in [-0.25, -0.2) is 0 Å². The Labute approximate surface area is 87.5 Å². The van der Waals surface area contributed by atoms with Crippen molar-refractivity contribution in [2.24, 2.45) is 0 Å². The monoisotopic (exact) mass is 208 g/mol. The molecule has 4 heteroatoms. The van der Waals surface area contributed by atoms with E-state index in [1.54, 1.807) is 6.07 Å². The van der Waals surface area contributed by atoms with Crippen molar-refractivity contribution >= 4 is 12.6 Å². The molecule has 0 saturated heterocycles. The van der Waals surface area contributed by atoms with Gasteiger partial charge in [-0.2, -0.15) is 0 Å². The second kappa shape index (κ2) is 4.13. The maximum Gasteiger partial charge on any atom is 0.137 e. The van der Waals surface area contributed by atoms with E-state index in [4.69, 9.17) is 4.74 Å². The van der Waals surface area contributed by atoms with Gasteiger partial charge in [0.1, 0.15) is 29.5 Å². The number of phenols is 1. The van der Waals surface area contributed by atoms with E-state index in [0.717, 1.165) is 0 Å². The third-order valence-electron chi connectivity index (χ3n) is 2.27. The molecule has 0 saturated carbocycles. The number of hydrogen-bond acceptors (Lipinski definition) is 4. The Balaban J connectivity index is 3.33. The lowest BCUT2D eigenvalue weighted by atomic mass is 9.85. The molecular formula is C11H12O4. The predicted octanol–water partition coefficient (Wildman–Crippen LogP) is 1.06. The second-order valence-electron chi connectivity index (χ2n) is 3.40. The molecule has 0 fully saturated rings. The molecule has 0 spiro atoms. The summed E-state index contributed by atoms with van der Waals surface area (Å²) in [5.74, 6) is 0.384. The first kappa shape index (κ1) is 11.2. The largest absolute Gasteiger partial charge is 0.508 e. The quantitative estimate of drug-likeness (QED) is 0.593. The van der Waals surface area contributed by atoms with Crippen LogP contribution >= 0.6 is 0 Å². The third-order valence-corrected chi connectivity index (χ3v) is 2.27. The van der Waals surface area contributed by atoms with Gasteiger partial charge in [0.2, 0.25) is 0 Å². The minimum atomic E-state index is -1.33. The van der Waals surface area contributed by atoms with Crippen molar-refractivity contribution in [3.8, 4) is 11.5 Å². The van der Waals surface area contributed by atoms with Crippen LogP contribution in [-0.2, 0) is 15.0 Å². The van der Waals surface area contributed by atoms with Gasteiger partial charge in [-0.05, 0) is 25.1 Å². The summed E-state index contributed by atoms with van der Waals surface area (Å²) in [6.45, 7) is 1.43. The summed E-state index contributed by atoms with van der Waals surface area (Å²) in [7, 11) is 1.47. The fourth-order valence-electron chi connectivity index (χ4n) is 1.23. The number of rotatable bonds is 4. The van der Waals surface area contributed by atoms with Gasteiger partial charge in [-0.15, -0.1) is 0 Å². The van der Waals surface area contributed by atoms with Crippen LogP contribution in [0.2, 0.25) is 0 Å². The Hall–Kier alpha value is -1.84. The molecule has 0 aliphatic carbocycles. The molecule has 0 amide bonds. The number of methoxy groups -OCH3 is 1. The van der Waals surface area contributed by atoms with Crippen molar-refractivity contribution in [2.45, 2.75) is 12.3 Å². The Kier molecular flexibility index (Phi) is 3.09. The first-order chi connectivity index (χ1) is 7.07. The minimum Gasteiger partial charge on any atom is -0.508 e. The van der Waals surface area contributed by atoms with Crippen molar-refractivity contribution in [3.63, 3.8) is 0 Å². The lowest BCUT2D eigenvalue weighted by Crippen LogP contribution is -2.25. The first-order valence-corrected chi connectivity index (χ1v) is 4.37. The average molecular weight is 208 g/mol. The van der Waals surface area contributed by atoms with Crippen LogP contribution < -0.4 is 4.74 Å². The van der Waals surface area contributed by atoms with Crippen molar-refractivity contribution in [3.05, 3.63) is 23.8 Å². The highest BCUT2D eigenvalue weighted by Gasteiger charge is 2.29. The predicted molar refractivity (Wildman–Crippen MR) is 54.1 cm³/mol. The van der Waals surface area contributed by atoms with Gasteiger partial charge in [0.05, 0.1) is 7.11 Å². The Bertz CT molecular complexity index is 376. The first-order valence-electron chi connectivity index (χ1n) is 4.37. The molecule has 0 bridgehead atoms. The number of aldehydes is 2. The molecular weight excluding hydrogens is 196 g/mol. The molecule has 0 atom stereocenters. The van der Waals surface area contributed by atoms with Crippen LogP contribution in [0.1, 0.15) is 12.5 Å². The molecule has 0 aliphatic rings. The zero-order chi connectivity index (χ0) is 11.5. The van der Waals surface area contributed by atoms with Crippen molar-refractivity contribution < 1.29 is 19.4 Å². The molecule has 1 aromatic rings. The van der Waals surface area contributed by atoms with Crippen molar-refractivity contribution in [2.75, 3.05) is 7.11 Å². The van der Waals surface area contributed by atoms with Crippen LogP contribution in [-0.4, -0.2) is 24.8 Å². The molecule has 0 radical (unpaired) electrons. The molecule has 0 unspecified atom stereocenters. The Morgan fingerprint density at radius 2 is 1.93 bits per heavy atom. The number of benzene rings is 1. The lowest BCUT2D eigenvalue weighted by Gasteiger charge is -2.17. The van der Waals surface area contributed by atoms with Crippen LogP contribution in [0.4, 0.5) is 0 Å². The zero-order valence-corrected chi connectivity index (χ0v) is 8.56. The van der Waals surface area contributed by atoms with E-state index in [0.29, 0.717) is 18.3 Å². The zero-order valence-electron chi connectivity index (χ0n) is 8.56. The van der Waals surface area contributed by atoms with Gasteiger partial charge in [0.25, 0.3) is 0 Å². The minimum absolute atomic E-state index is 0.0995.